The van der Waals surface area contributed by atoms with Gasteiger partial charge in [-0.2, -0.15) is 0 Å². The minimum Gasteiger partial charge on any atom is -0.477 e. The number of pyridine rings is 1. The molecule has 1 saturated carbocycles. The van der Waals surface area contributed by atoms with Crippen LogP contribution in [0.4, 0.5) is 11.5 Å². The van der Waals surface area contributed by atoms with Crippen LogP contribution in [0, 0.1) is 5.92 Å². The molecule has 2 rings (SSSR count). The van der Waals surface area contributed by atoms with Crippen LogP contribution in [0.3, 0.4) is 0 Å². The number of nitrogens with two attached hydrogens (primary N) is 1. The molecule has 1 fully saturated rings. The number of aromatic nitrogens is 1. The molecule has 0 amide bonds. The number of rotatable bonds is 3. The maximum Gasteiger partial charge on any atom is 0.354 e. The van der Waals surface area contributed by atoms with E-state index in [9.17, 15) is 4.79 Å². The Labute approximate surface area is 100 Å². The van der Waals surface area contributed by atoms with Crippen LogP contribution in [0.15, 0.2) is 12.1 Å². The second-order valence-electron chi connectivity index (χ2n) is 4.60. The van der Waals surface area contributed by atoms with E-state index in [4.69, 9.17) is 10.8 Å². The van der Waals surface area contributed by atoms with Crippen molar-refractivity contribution in [1.29, 1.82) is 0 Å². The molecule has 1 aliphatic carbocycles. The summed E-state index contributed by atoms with van der Waals surface area (Å²) in [5.74, 6) is 0.0286. The predicted octanol–water partition coefficient (Wildman–Crippen LogP) is 1.96. The number of carboxylic acids is 1. The van der Waals surface area contributed by atoms with Crippen molar-refractivity contribution < 1.29 is 9.90 Å². The van der Waals surface area contributed by atoms with Crippen molar-refractivity contribution in [2.24, 2.45) is 5.92 Å². The van der Waals surface area contributed by atoms with Gasteiger partial charge in [0.15, 0.2) is 5.69 Å². The lowest BCUT2D eigenvalue weighted by atomic mass is 10.1. The number of nitrogens with zero attached hydrogens (tertiary/aromatic N) is 1. The maximum atomic E-state index is 10.8. The normalized spacial score (nSPS) is 23.6. The minimum atomic E-state index is -1.03. The van der Waals surface area contributed by atoms with E-state index in [1.807, 2.05) is 0 Å². The highest BCUT2D eigenvalue weighted by Crippen LogP contribution is 2.29. The molecule has 5 nitrogen and oxygen atoms in total. The molecule has 0 saturated heterocycles. The average Bonchev–Trinajstić information content (AvgIpc) is 2.67. The number of anilines is 2. The fraction of sp³-hybridized carbons (Fsp3) is 0.500. The monoisotopic (exact) mass is 235 g/mol. The molecule has 0 spiro atoms. The summed E-state index contributed by atoms with van der Waals surface area (Å²) in [6, 6.07) is 3.34. The van der Waals surface area contributed by atoms with Gasteiger partial charge in [0.2, 0.25) is 0 Å². The van der Waals surface area contributed by atoms with Crippen LogP contribution in [0.25, 0.3) is 0 Å². The molecule has 0 aliphatic heterocycles. The molecule has 1 heterocycles. The summed E-state index contributed by atoms with van der Waals surface area (Å²) in [4.78, 5) is 14.9. The molecule has 5 heteroatoms. The minimum absolute atomic E-state index is 0.0207. The topological polar surface area (TPSA) is 88.2 Å². The van der Waals surface area contributed by atoms with Crippen molar-refractivity contribution in [3.8, 4) is 0 Å². The molecule has 1 aliphatic rings. The molecule has 2 unspecified atom stereocenters. The highest BCUT2D eigenvalue weighted by atomic mass is 16.4. The zero-order valence-corrected chi connectivity index (χ0v) is 9.81. The molecule has 0 aromatic carbocycles. The van der Waals surface area contributed by atoms with Gasteiger partial charge >= 0.3 is 5.97 Å². The van der Waals surface area contributed by atoms with Gasteiger partial charge in [-0.05, 0) is 30.9 Å². The second kappa shape index (κ2) is 4.61. The summed E-state index contributed by atoms with van der Waals surface area (Å²) < 4.78 is 0. The molecular formula is C12H17N3O2. The Balaban J connectivity index is 2.19. The average molecular weight is 235 g/mol. The third-order valence-electron chi connectivity index (χ3n) is 3.33. The van der Waals surface area contributed by atoms with Gasteiger partial charge in [-0.15, -0.1) is 0 Å². The van der Waals surface area contributed by atoms with Crippen LogP contribution in [-0.4, -0.2) is 22.1 Å². The molecule has 0 bridgehead atoms. The standard InChI is InChI=1S/C12H17N3O2/c1-7-3-2-4-9(7)14-11-8(13)5-6-10(15-11)12(16)17/h5-7,9H,2-4,13H2,1H3,(H,14,15)(H,16,17). The zero-order chi connectivity index (χ0) is 12.4. The van der Waals surface area contributed by atoms with Gasteiger partial charge in [0.1, 0.15) is 5.82 Å². The first-order valence-corrected chi connectivity index (χ1v) is 5.84. The Bertz CT molecular complexity index is 434. The van der Waals surface area contributed by atoms with E-state index >= 15 is 0 Å². The fourth-order valence-electron chi connectivity index (χ4n) is 2.24. The molecule has 92 valence electrons. The van der Waals surface area contributed by atoms with Gasteiger partial charge in [0, 0.05) is 6.04 Å². The Hall–Kier alpha value is -1.78. The van der Waals surface area contributed by atoms with E-state index < -0.39 is 5.97 Å². The molecule has 17 heavy (non-hydrogen) atoms. The maximum absolute atomic E-state index is 10.8. The lowest BCUT2D eigenvalue weighted by molar-refractivity contribution is 0.0690. The van der Waals surface area contributed by atoms with E-state index in [2.05, 4.69) is 17.2 Å². The van der Waals surface area contributed by atoms with E-state index in [0.29, 0.717) is 23.5 Å². The number of hydrogen-bond donors (Lipinski definition) is 3. The highest BCUT2D eigenvalue weighted by Gasteiger charge is 2.24. The first-order chi connectivity index (χ1) is 8.08. The van der Waals surface area contributed by atoms with Gasteiger partial charge in [-0.1, -0.05) is 13.3 Å². The van der Waals surface area contributed by atoms with Crippen LogP contribution in [0.2, 0.25) is 0 Å². The summed E-state index contributed by atoms with van der Waals surface area (Å²) in [7, 11) is 0. The molecule has 0 radical (unpaired) electrons. The van der Waals surface area contributed by atoms with Crippen molar-refractivity contribution >= 4 is 17.5 Å². The lowest BCUT2D eigenvalue weighted by Crippen LogP contribution is -2.23. The van der Waals surface area contributed by atoms with Crippen molar-refractivity contribution in [2.45, 2.75) is 32.2 Å². The van der Waals surface area contributed by atoms with Gasteiger partial charge in [0.25, 0.3) is 0 Å². The fourth-order valence-corrected chi connectivity index (χ4v) is 2.24. The van der Waals surface area contributed by atoms with Crippen LogP contribution in [0.1, 0.15) is 36.7 Å². The van der Waals surface area contributed by atoms with Crippen LogP contribution >= 0.6 is 0 Å². The number of hydrogen-bond acceptors (Lipinski definition) is 4. The summed E-state index contributed by atoms with van der Waals surface area (Å²) in [5, 5.41) is 12.1. The second-order valence-corrected chi connectivity index (χ2v) is 4.60. The Morgan fingerprint density at radius 3 is 2.88 bits per heavy atom. The van der Waals surface area contributed by atoms with Crippen molar-refractivity contribution in [3.05, 3.63) is 17.8 Å². The van der Waals surface area contributed by atoms with Crippen molar-refractivity contribution in [1.82, 2.24) is 4.98 Å². The van der Waals surface area contributed by atoms with Crippen LogP contribution < -0.4 is 11.1 Å². The van der Waals surface area contributed by atoms with Crippen LogP contribution in [0.5, 0.6) is 0 Å². The van der Waals surface area contributed by atoms with Gasteiger partial charge < -0.3 is 16.2 Å². The quantitative estimate of drug-likeness (QED) is 0.745. The number of carboxylic acid groups (broad SMARTS) is 1. The highest BCUT2D eigenvalue weighted by molar-refractivity contribution is 5.86. The van der Waals surface area contributed by atoms with E-state index in [-0.39, 0.29) is 5.69 Å². The molecule has 4 N–H and O–H groups in total. The first-order valence-electron chi connectivity index (χ1n) is 5.84. The predicted molar refractivity (Wildman–Crippen MR) is 66.0 cm³/mol. The zero-order valence-electron chi connectivity index (χ0n) is 9.81. The van der Waals surface area contributed by atoms with Crippen molar-refractivity contribution in [3.63, 3.8) is 0 Å². The van der Waals surface area contributed by atoms with E-state index in [0.717, 1.165) is 6.42 Å². The summed E-state index contributed by atoms with van der Waals surface area (Å²) in [6.45, 7) is 2.18. The molecular weight excluding hydrogens is 218 g/mol. The van der Waals surface area contributed by atoms with Gasteiger partial charge in [0.05, 0.1) is 5.69 Å². The molecule has 1 aromatic rings. The Morgan fingerprint density at radius 1 is 1.53 bits per heavy atom. The Kier molecular flexibility index (Phi) is 3.17. The number of carbonyl (C=O) groups is 1. The van der Waals surface area contributed by atoms with E-state index in [1.54, 1.807) is 6.07 Å². The number of nitrogen functional groups attached to an aromatic ring is 1. The van der Waals surface area contributed by atoms with Gasteiger partial charge in [-0.25, -0.2) is 9.78 Å². The van der Waals surface area contributed by atoms with Crippen LogP contribution in [-0.2, 0) is 0 Å². The SMILES string of the molecule is CC1CCCC1Nc1nc(C(=O)O)ccc1N. The third-order valence-corrected chi connectivity index (χ3v) is 3.33. The van der Waals surface area contributed by atoms with Gasteiger partial charge in [-0.3, -0.25) is 0 Å². The largest absolute Gasteiger partial charge is 0.477 e. The summed E-state index contributed by atoms with van der Waals surface area (Å²) in [5.41, 5.74) is 6.31. The molecule has 1 aromatic heterocycles. The summed E-state index contributed by atoms with van der Waals surface area (Å²) in [6.07, 6.45) is 3.47. The first kappa shape index (κ1) is 11.7. The van der Waals surface area contributed by atoms with E-state index in [1.165, 1.54) is 18.9 Å². The molecule has 2 atom stereocenters. The third kappa shape index (κ3) is 2.49. The lowest BCUT2D eigenvalue weighted by Gasteiger charge is -2.19. The Morgan fingerprint density at radius 2 is 2.29 bits per heavy atom. The number of aromatic carboxylic acids is 1. The van der Waals surface area contributed by atoms with Crippen molar-refractivity contribution in [2.75, 3.05) is 11.1 Å². The smallest absolute Gasteiger partial charge is 0.354 e. The summed E-state index contributed by atoms with van der Waals surface area (Å²) >= 11 is 0. The number of nitrogens with one attached hydrogen (secondary N) is 1.